The van der Waals surface area contributed by atoms with E-state index in [4.69, 9.17) is 9.84 Å². The highest BCUT2D eigenvalue weighted by Gasteiger charge is 2.33. The van der Waals surface area contributed by atoms with Gasteiger partial charge in [0.25, 0.3) is 0 Å². The second kappa shape index (κ2) is 6.34. The third-order valence-corrected chi connectivity index (χ3v) is 2.93. The van der Waals surface area contributed by atoms with Gasteiger partial charge in [0.2, 0.25) is 5.91 Å². The zero-order valence-electron chi connectivity index (χ0n) is 10.3. The van der Waals surface area contributed by atoms with Crippen LogP contribution in [0.25, 0.3) is 0 Å². The Labute approximate surface area is 104 Å². The molecular weight excluding hydrogens is 242 g/mol. The van der Waals surface area contributed by atoms with E-state index in [1.54, 1.807) is 6.92 Å². The van der Waals surface area contributed by atoms with Gasteiger partial charge in [0.1, 0.15) is 6.04 Å². The number of esters is 1. The first-order valence-electron chi connectivity index (χ1n) is 5.67. The summed E-state index contributed by atoms with van der Waals surface area (Å²) in [5.74, 6) is -2.72. The highest BCUT2D eigenvalue weighted by Crippen LogP contribution is 2.20. The number of rotatable bonds is 5. The molecule has 0 saturated carbocycles. The summed E-state index contributed by atoms with van der Waals surface area (Å²) >= 11 is 0. The Morgan fingerprint density at radius 2 is 2.17 bits per heavy atom. The van der Waals surface area contributed by atoms with Crippen molar-refractivity contribution in [2.45, 2.75) is 31.9 Å². The molecule has 7 heteroatoms. The number of carboxylic acids is 1. The summed E-state index contributed by atoms with van der Waals surface area (Å²) in [5.41, 5.74) is 0. The Kier molecular flexibility index (Phi) is 5.08. The molecule has 0 aromatic rings. The average molecular weight is 259 g/mol. The summed E-state index contributed by atoms with van der Waals surface area (Å²) in [6, 6.07) is -1.27. The Morgan fingerprint density at radius 1 is 1.50 bits per heavy atom. The minimum absolute atomic E-state index is 0.238. The molecule has 1 fully saturated rings. The fraction of sp³-hybridized carbons (Fsp3) is 0.727. The van der Waals surface area contributed by atoms with Crippen LogP contribution in [-0.4, -0.2) is 48.8 Å². The molecular formula is C11H17NO6. The van der Waals surface area contributed by atoms with Gasteiger partial charge < -0.3 is 19.9 Å². The van der Waals surface area contributed by atoms with Crippen LogP contribution in [0.4, 0.5) is 0 Å². The maximum absolute atomic E-state index is 11.8. The van der Waals surface area contributed by atoms with Crippen LogP contribution in [0.3, 0.4) is 0 Å². The summed E-state index contributed by atoms with van der Waals surface area (Å²) in [7, 11) is 1.16. The number of hydrogen-bond acceptors (Lipinski definition) is 5. The van der Waals surface area contributed by atoms with E-state index in [1.165, 1.54) is 0 Å². The van der Waals surface area contributed by atoms with E-state index in [0.717, 1.165) is 7.11 Å². The summed E-state index contributed by atoms with van der Waals surface area (Å²) in [4.78, 5) is 33.8. The predicted octanol–water partition coefficient (Wildman–Crippen LogP) is -0.456. The third-order valence-electron chi connectivity index (χ3n) is 2.93. The number of ether oxygens (including phenoxy) is 2. The van der Waals surface area contributed by atoms with Gasteiger partial charge in [-0.3, -0.25) is 9.59 Å². The van der Waals surface area contributed by atoms with Gasteiger partial charge >= 0.3 is 11.9 Å². The van der Waals surface area contributed by atoms with E-state index in [1.807, 2.05) is 0 Å². The average Bonchev–Trinajstić information content (AvgIpc) is 2.74. The van der Waals surface area contributed by atoms with Gasteiger partial charge in [0, 0.05) is 6.61 Å². The summed E-state index contributed by atoms with van der Waals surface area (Å²) in [5, 5.41) is 11.3. The van der Waals surface area contributed by atoms with E-state index in [-0.39, 0.29) is 18.4 Å². The Morgan fingerprint density at radius 3 is 2.61 bits per heavy atom. The number of carbonyl (C=O) groups is 3. The zero-order chi connectivity index (χ0) is 13.7. The van der Waals surface area contributed by atoms with Gasteiger partial charge in [0.05, 0.1) is 25.6 Å². The second-order valence-corrected chi connectivity index (χ2v) is 4.15. The fourth-order valence-corrected chi connectivity index (χ4v) is 1.80. The molecule has 3 atom stereocenters. The molecule has 1 rings (SSSR count). The first kappa shape index (κ1) is 14.4. The van der Waals surface area contributed by atoms with E-state index < -0.39 is 23.9 Å². The third kappa shape index (κ3) is 3.69. The van der Waals surface area contributed by atoms with Crippen molar-refractivity contribution in [2.75, 3.05) is 13.7 Å². The van der Waals surface area contributed by atoms with Crippen LogP contribution in [0.1, 0.15) is 19.8 Å². The number of nitrogens with one attached hydrogen (secondary N) is 1. The van der Waals surface area contributed by atoms with Crippen molar-refractivity contribution in [3.05, 3.63) is 0 Å². The van der Waals surface area contributed by atoms with Gasteiger partial charge in [-0.1, -0.05) is 0 Å². The van der Waals surface area contributed by atoms with Gasteiger partial charge in [-0.2, -0.15) is 0 Å². The Hall–Kier alpha value is -1.63. The Balaban J connectivity index is 2.57. The molecule has 1 aliphatic rings. The summed E-state index contributed by atoms with van der Waals surface area (Å²) in [6.07, 6.45) is -0.0746. The first-order chi connectivity index (χ1) is 8.45. The molecule has 1 heterocycles. The van der Waals surface area contributed by atoms with Crippen LogP contribution in [-0.2, 0) is 23.9 Å². The maximum Gasteiger partial charge on any atom is 0.326 e. The van der Waals surface area contributed by atoms with Crippen LogP contribution < -0.4 is 5.32 Å². The topological polar surface area (TPSA) is 102 Å². The Bertz CT molecular complexity index is 342. The second-order valence-electron chi connectivity index (χ2n) is 4.15. The number of methoxy groups -OCH3 is 1. The molecule has 0 bridgehead atoms. The van der Waals surface area contributed by atoms with Crippen molar-refractivity contribution in [3.63, 3.8) is 0 Å². The van der Waals surface area contributed by atoms with Crippen LogP contribution >= 0.6 is 0 Å². The summed E-state index contributed by atoms with van der Waals surface area (Å²) < 4.78 is 9.61. The lowest BCUT2D eigenvalue weighted by Crippen LogP contribution is -2.46. The van der Waals surface area contributed by atoms with E-state index in [0.29, 0.717) is 13.0 Å². The predicted molar refractivity (Wildman–Crippen MR) is 59.7 cm³/mol. The fourth-order valence-electron chi connectivity index (χ4n) is 1.80. The molecule has 1 aliphatic heterocycles. The molecule has 102 valence electrons. The highest BCUT2D eigenvalue weighted by atomic mass is 16.5. The molecule has 2 unspecified atom stereocenters. The maximum atomic E-state index is 11.8. The van der Waals surface area contributed by atoms with E-state index >= 15 is 0 Å². The molecule has 0 spiro atoms. The number of carbonyl (C=O) groups excluding carboxylic acids is 2. The number of aliphatic carboxylic acids is 1. The standard InChI is InChI=1S/C11H17NO6/c1-6-7(3-4-18-6)10(14)12-8(11(15)16)5-9(13)17-2/h6-8H,3-5H2,1-2H3,(H,12,14)(H,15,16)/t6?,7?,8-/m0/s1. The number of amides is 1. The lowest BCUT2D eigenvalue weighted by Gasteiger charge is -2.18. The molecule has 1 amide bonds. The molecule has 2 N–H and O–H groups in total. The molecule has 18 heavy (non-hydrogen) atoms. The number of carboxylic acid groups (broad SMARTS) is 1. The quantitative estimate of drug-likeness (QED) is 0.648. The monoisotopic (exact) mass is 259 g/mol. The van der Waals surface area contributed by atoms with Gasteiger partial charge in [-0.15, -0.1) is 0 Å². The highest BCUT2D eigenvalue weighted by molar-refractivity contribution is 5.88. The molecule has 0 aromatic heterocycles. The van der Waals surface area contributed by atoms with Gasteiger partial charge in [0.15, 0.2) is 0 Å². The SMILES string of the molecule is COC(=O)C[C@H](NC(=O)C1CCOC1C)C(=O)O. The van der Waals surface area contributed by atoms with Crippen molar-refractivity contribution < 1.29 is 29.0 Å². The molecule has 0 aromatic carbocycles. The molecule has 1 saturated heterocycles. The molecule has 0 aliphatic carbocycles. The van der Waals surface area contributed by atoms with Crippen LogP contribution in [0.2, 0.25) is 0 Å². The van der Waals surface area contributed by atoms with Crippen molar-refractivity contribution in [1.29, 1.82) is 0 Å². The van der Waals surface area contributed by atoms with Gasteiger partial charge in [-0.05, 0) is 13.3 Å². The van der Waals surface area contributed by atoms with Crippen molar-refractivity contribution in [2.24, 2.45) is 5.92 Å². The van der Waals surface area contributed by atoms with Crippen LogP contribution in [0.15, 0.2) is 0 Å². The van der Waals surface area contributed by atoms with Crippen molar-refractivity contribution in [3.8, 4) is 0 Å². The molecule has 0 radical (unpaired) electrons. The molecule has 7 nitrogen and oxygen atoms in total. The van der Waals surface area contributed by atoms with Gasteiger partial charge in [-0.25, -0.2) is 4.79 Å². The van der Waals surface area contributed by atoms with E-state index in [2.05, 4.69) is 10.1 Å². The summed E-state index contributed by atoms with van der Waals surface area (Å²) in [6.45, 7) is 2.24. The zero-order valence-corrected chi connectivity index (χ0v) is 10.3. The smallest absolute Gasteiger partial charge is 0.326 e. The minimum atomic E-state index is -1.27. The van der Waals surface area contributed by atoms with E-state index in [9.17, 15) is 14.4 Å². The van der Waals surface area contributed by atoms with Crippen molar-refractivity contribution >= 4 is 17.8 Å². The largest absolute Gasteiger partial charge is 0.480 e. The number of hydrogen-bond donors (Lipinski definition) is 2. The normalized spacial score (nSPS) is 24.3. The lowest BCUT2D eigenvalue weighted by atomic mass is 10.0. The first-order valence-corrected chi connectivity index (χ1v) is 5.67. The van der Waals surface area contributed by atoms with Crippen LogP contribution in [0, 0.1) is 5.92 Å². The van der Waals surface area contributed by atoms with Crippen molar-refractivity contribution in [1.82, 2.24) is 5.32 Å². The van der Waals surface area contributed by atoms with Crippen LogP contribution in [0.5, 0.6) is 0 Å². The minimum Gasteiger partial charge on any atom is -0.480 e. The lowest BCUT2D eigenvalue weighted by molar-refractivity contribution is -0.149.